The van der Waals surface area contributed by atoms with E-state index in [1.165, 1.54) is 11.3 Å². The van der Waals surface area contributed by atoms with Gasteiger partial charge in [-0.1, -0.05) is 5.92 Å². The summed E-state index contributed by atoms with van der Waals surface area (Å²) in [6, 6.07) is 0. The van der Waals surface area contributed by atoms with Crippen molar-refractivity contribution in [2.24, 2.45) is 0 Å². The summed E-state index contributed by atoms with van der Waals surface area (Å²) in [6.45, 7) is 2.95. The lowest BCUT2D eigenvalue weighted by Crippen LogP contribution is -1.97. The van der Waals surface area contributed by atoms with Crippen molar-refractivity contribution in [3.63, 3.8) is 0 Å². The highest BCUT2D eigenvalue weighted by Gasteiger charge is 2.21. The molecule has 86 valence electrons. The van der Waals surface area contributed by atoms with Crippen molar-refractivity contribution >= 4 is 11.3 Å². The van der Waals surface area contributed by atoms with Gasteiger partial charge in [0, 0.05) is 11.8 Å². The van der Waals surface area contributed by atoms with Gasteiger partial charge in [0.05, 0.1) is 19.3 Å². The van der Waals surface area contributed by atoms with Crippen LogP contribution in [0.2, 0.25) is 0 Å². The van der Waals surface area contributed by atoms with E-state index in [0.717, 1.165) is 5.01 Å². The lowest BCUT2D eigenvalue weighted by molar-refractivity contribution is -0.0442. The predicted octanol–water partition coefficient (Wildman–Crippen LogP) is 1.31. The maximum Gasteiger partial charge on any atom is 0.211 e. The van der Waals surface area contributed by atoms with E-state index in [1.807, 2.05) is 5.38 Å². The monoisotopic (exact) mass is 239 g/mol. The minimum Gasteiger partial charge on any atom is -0.392 e. The molecule has 0 bridgehead atoms. The smallest absolute Gasteiger partial charge is 0.211 e. The summed E-state index contributed by atoms with van der Waals surface area (Å²) in [5, 5.41) is 11.7. The molecular formula is C11H13NO3S. The fraction of sp³-hybridized carbons (Fsp3) is 0.545. The van der Waals surface area contributed by atoms with Gasteiger partial charge < -0.3 is 14.6 Å². The number of hydrogen-bond donors (Lipinski definition) is 1. The van der Waals surface area contributed by atoms with Gasteiger partial charge in [-0.3, -0.25) is 0 Å². The summed E-state index contributed by atoms with van der Waals surface area (Å²) in [5.74, 6) is 5.77. The van der Waals surface area contributed by atoms with Gasteiger partial charge in [-0.05, 0) is 12.8 Å². The third-order valence-corrected chi connectivity index (χ3v) is 2.83. The van der Waals surface area contributed by atoms with Crippen LogP contribution in [0.4, 0.5) is 0 Å². The van der Waals surface area contributed by atoms with Crippen LogP contribution in [0.3, 0.4) is 0 Å². The minimum absolute atomic E-state index is 0.322. The Morgan fingerprint density at radius 2 is 2.38 bits per heavy atom. The molecule has 0 spiro atoms. The van der Waals surface area contributed by atoms with E-state index in [9.17, 15) is 0 Å². The fourth-order valence-corrected chi connectivity index (χ4v) is 1.99. The molecule has 4 nitrogen and oxygen atoms in total. The van der Waals surface area contributed by atoms with Crippen molar-refractivity contribution < 1.29 is 14.6 Å². The van der Waals surface area contributed by atoms with Gasteiger partial charge in [0.2, 0.25) is 6.29 Å². The maximum atomic E-state index is 9.05. The van der Waals surface area contributed by atoms with Gasteiger partial charge in [0.25, 0.3) is 0 Å². The Kier molecular flexibility index (Phi) is 3.91. The number of nitrogens with zero attached hydrogens (tertiary/aromatic N) is 1. The maximum absolute atomic E-state index is 9.05. The summed E-state index contributed by atoms with van der Waals surface area (Å²) in [5.41, 5.74) is 0.708. The second-order valence-electron chi connectivity index (χ2n) is 3.50. The molecule has 1 aliphatic rings. The summed E-state index contributed by atoms with van der Waals surface area (Å²) < 4.78 is 10.7. The molecule has 1 unspecified atom stereocenters. The van der Waals surface area contributed by atoms with Crippen LogP contribution in [0.15, 0.2) is 5.38 Å². The van der Waals surface area contributed by atoms with Crippen molar-refractivity contribution in [2.45, 2.75) is 25.7 Å². The van der Waals surface area contributed by atoms with Crippen molar-refractivity contribution in [1.82, 2.24) is 4.98 Å². The highest BCUT2D eigenvalue weighted by atomic mass is 32.1. The van der Waals surface area contributed by atoms with Gasteiger partial charge in [-0.15, -0.1) is 11.3 Å². The quantitative estimate of drug-likeness (QED) is 0.791. The SMILES string of the molecule is CC(O)CC#Cc1csc(C2OCCO2)n1. The average molecular weight is 239 g/mol. The van der Waals surface area contributed by atoms with Crippen LogP contribution >= 0.6 is 11.3 Å². The molecule has 0 radical (unpaired) electrons. The number of aliphatic hydroxyl groups excluding tert-OH is 1. The van der Waals surface area contributed by atoms with Crippen LogP contribution in [0.1, 0.15) is 30.3 Å². The first kappa shape index (κ1) is 11.6. The zero-order chi connectivity index (χ0) is 11.4. The van der Waals surface area contributed by atoms with Crippen LogP contribution in [0.5, 0.6) is 0 Å². The van der Waals surface area contributed by atoms with Crippen LogP contribution in [-0.2, 0) is 9.47 Å². The summed E-state index contributed by atoms with van der Waals surface area (Å²) in [4.78, 5) is 4.30. The Morgan fingerprint density at radius 3 is 3.06 bits per heavy atom. The normalized spacial score (nSPS) is 18.1. The molecule has 2 rings (SSSR count). The molecule has 0 amide bonds. The molecule has 1 N–H and O–H groups in total. The summed E-state index contributed by atoms with van der Waals surface area (Å²) in [6.07, 6.45) is -0.257. The van der Waals surface area contributed by atoms with E-state index in [4.69, 9.17) is 14.6 Å². The van der Waals surface area contributed by atoms with Crippen molar-refractivity contribution in [1.29, 1.82) is 0 Å². The standard InChI is InChI=1S/C11H13NO3S/c1-8(13)3-2-4-9-7-16-10(12-9)11-14-5-6-15-11/h7-8,11,13H,3,5-6H2,1H3. The van der Waals surface area contributed by atoms with Crippen molar-refractivity contribution in [3.05, 3.63) is 16.1 Å². The first-order valence-electron chi connectivity index (χ1n) is 5.11. The molecule has 0 aromatic carbocycles. The van der Waals surface area contributed by atoms with Crippen LogP contribution in [0.25, 0.3) is 0 Å². The van der Waals surface area contributed by atoms with E-state index in [2.05, 4.69) is 16.8 Å². The van der Waals surface area contributed by atoms with Gasteiger partial charge in [-0.25, -0.2) is 4.98 Å². The van der Waals surface area contributed by atoms with E-state index in [0.29, 0.717) is 25.3 Å². The number of aromatic nitrogens is 1. The highest BCUT2D eigenvalue weighted by molar-refractivity contribution is 7.09. The van der Waals surface area contributed by atoms with Gasteiger partial charge >= 0.3 is 0 Å². The summed E-state index contributed by atoms with van der Waals surface area (Å²) in [7, 11) is 0. The number of aliphatic hydroxyl groups is 1. The van der Waals surface area contributed by atoms with E-state index in [1.54, 1.807) is 6.92 Å². The van der Waals surface area contributed by atoms with Crippen LogP contribution < -0.4 is 0 Å². The molecule has 1 saturated heterocycles. The molecule has 0 aliphatic carbocycles. The molecule has 1 aromatic heterocycles. The van der Waals surface area contributed by atoms with Gasteiger partial charge in [-0.2, -0.15) is 0 Å². The Hall–Kier alpha value is -0.930. The number of ether oxygens (including phenoxy) is 2. The fourth-order valence-electron chi connectivity index (χ4n) is 1.24. The molecular weight excluding hydrogens is 226 g/mol. The summed E-state index contributed by atoms with van der Waals surface area (Å²) >= 11 is 1.48. The Morgan fingerprint density at radius 1 is 1.62 bits per heavy atom. The van der Waals surface area contributed by atoms with Gasteiger partial charge in [0.1, 0.15) is 5.69 Å². The molecule has 1 fully saturated rings. The highest BCUT2D eigenvalue weighted by Crippen LogP contribution is 2.25. The van der Waals surface area contributed by atoms with Crippen LogP contribution in [-0.4, -0.2) is 29.4 Å². The second kappa shape index (κ2) is 5.41. The molecule has 1 atom stereocenters. The van der Waals surface area contributed by atoms with Crippen LogP contribution in [0, 0.1) is 11.8 Å². The molecule has 2 heterocycles. The number of rotatable bonds is 2. The first-order chi connectivity index (χ1) is 7.75. The van der Waals surface area contributed by atoms with E-state index < -0.39 is 6.10 Å². The molecule has 0 saturated carbocycles. The Balaban J connectivity index is 1.98. The zero-order valence-electron chi connectivity index (χ0n) is 8.97. The molecule has 5 heteroatoms. The molecule has 1 aromatic rings. The topological polar surface area (TPSA) is 51.6 Å². The first-order valence-corrected chi connectivity index (χ1v) is 5.99. The van der Waals surface area contributed by atoms with E-state index >= 15 is 0 Å². The molecule has 1 aliphatic heterocycles. The predicted molar refractivity (Wildman–Crippen MR) is 59.9 cm³/mol. The molecule has 16 heavy (non-hydrogen) atoms. The van der Waals surface area contributed by atoms with Crippen molar-refractivity contribution in [3.8, 4) is 11.8 Å². The third kappa shape index (κ3) is 3.03. The third-order valence-electron chi connectivity index (χ3n) is 1.96. The van der Waals surface area contributed by atoms with Gasteiger partial charge in [0.15, 0.2) is 5.01 Å². The van der Waals surface area contributed by atoms with Crippen molar-refractivity contribution in [2.75, 3.05) is 13.2 Å². The largest absolute Gasteiger partial charge is 0.392 e. The van der Waals surface area contributed by atoms with E-state index in [-0.39, 0.29) is 6.29 Å². The minimum atomic E-state index is -0.396. The Bertz CT molecular complexity index is 399. The second-order valence-corrected chi connectivity index (χ2v) is 4.39. The number of thiazole rings is 1. The number of hydrogen-bond acceptors (Lipinski definition) is 5. The Labute approximate surface area is 98.2 Å². The average Bonchev–Trinajstić information content (AvgIpc) is 2.85. The lowest BCUT2D eigenvalue weighted by atomic mass is 10.3. The zero-order valence-corrected chi connectivity index (χ0v) is 9.79. The lowest BCUT2D eigenvalue weighted by Gasteiger charge is -2.02.